The van der Waals surface area contributed by atoms with Crippen LogP contribution in [-0.2, 0) is 4.79 Å². The highest BCUT2D eigenvalue weighted by atomic mass is 32.2. The number of hydrogen-bond acceptors (Lipinski definition) is 3. The Morgan fingerprint density at radius 2 is 2.11 bits per heavy atom. The Balaban J connectivity index is 2.24. The summed E-state index contributed by atoms with van der Waals surface area (Å²) in [6.07, 6.45) is 4.91. The van der Waals surface area contributed by atoms with E-state index in [1.54, 1.807) is 7.11 Å². The zero-order valence-corrected chi connectivity index (χ0v) is 11.6. The van der Waals surface area contributed by atoms with Crippen LogP contribution in [0, 0.1) is 0 Å². The second-order valence-electron chi connectivity index (χ2n) is 3.67. The van der Waals surface area contributed by atoms with Gasteiger partial charge >= 0.3 is 0 Å². The Morgan fingerprint density at radius 1 is 1.39 bits per heavy atom. The number of hydrogen-bond donors (Lipinski definition) is 1. The summed E-state index contributed by atoms with van der Waals surface area (Å²) in [4.78, 5) is 12.6. The topological polar surface area (TPSA) is 38.3 Å². The van der Waals surface area contributed by atoms with Gasteiger partial charge in [-0.1, -0.05) is 12.2 Å². The highest BCUT2D eigenvalue weighted by Crippen LogP contribution is 2.20. The number of methoxy groups -OCH3 is 1. The first-order valence-electron chi connectivity index (χ1n) is 5.91. The van der Waals surface area contributed by atoms with Gasteiger partial charge in [0.2, 0.25) is 5.91 Å². The van der Waals surface area contributed by atoms with E-state index in [0.717, 1.165) is 17.1 Å². The number of ether oxygens (including phenoxy) is 1. The van der Waals surface area contributed by atoms with E-state index in [-0.39, 0.29) is 5.91 Å². The molecule has 1 N–H and O–H groups in total. The van der Waals surface area contributed by atoms with Gasteiger partial charge in [-0.25, -0.2) is 0 Å². The third-order valence-corrected chi connectivity index (χ3v) is 3.31. The van der Waals surface area contributed by atoms with Crippen LogP contribution in [0.4, 0.5) is 0 Å². The van der Waals surface area contributed by atoms with Gasteiger partial charge in [-0.05, 0) is 37.6 Å². The number of carbonyl (C=O) groups is 1. The predicted molar refractivity (Wildman–Crippen MR) is 76.2 cm³/mol. The van der Waals surface area contributed by atoms with Gasteiger partial charge in [0.05, 0.1) is 12.9 Å². The maximum atomic E-state index is 11.5. The van der Waals surface area contributed by atoms with Gasteiger partial charge in [-0.2, -0.15) is 0 Å². The van der Waals surface area contributed by atoms with E-state index in [1.165, 1.54) is 11.8 Å². The number of thioether (sulfide) groups is 1. The molecule has 0 saturated carbocycles. The Bertz CT molecular complexity index is 387. The summed E-state index contributed by atoms with van der Waals surface area (Å²) in [5.41, 5.74) is 0. The summed E-state index contributed by atoms with van der Waals surface area (Å²) in [7, 11) is 1.64. The van der Waals surface area contributed by atoms with Crippen molar-refractivity contribution in [2.75, 3.05) is 19.4 Å². The van der Waals surface area contributed by atoms with Crippen LogP contribution in [0.15, 0.2) is 41.3 Å². The van der Waals surface area contributed by atoms with Crippen molar-refractivity contribution in [2.45, 2.75) is 18.2 Å². The number of nitrogens with one attached hydrogen (secondary N) is 1. The van der Waals surface area contributed by atoms with Gasteiger partial charge < -0.3 is 10.1 Å². The zero-order valence-electron chi connectivity index (χ0n) is 10.8. The molecule has 0 heterocycles. The standard InChI is InChI=1S/C14H19NO2S/c1-3-4-5-10-15-14(16)11-18-13-8-6-12(17-2)7-9-13/h3-4,6-9H,5,10-11H2,1-2H3,(H,15,16)/b4-3+. The van der Waals surface area contributed by atoms with E-state index < -0.39 is 0 Å². The minimum absolute atomic E-state index is 0.0697. The summed E-state index contributed by atoms with van der Waals surface area (Å²) in [5.74, 6) is 1.35. The average Bonchev–Trinajstić information content (AvgIpc) is 2.42. The van der Waals surface area contributed by atoms with E-state index in [9.17, 15) is 4.79 Å². The Morgan fingerprint density at radius 3 is 2.72 bits per heavy atom. The third-order valence-electron chi connectivity index (χ3n) is 2.30. The summed E-state index contributed by atoms with van der Waals surface area (Å²) < 4.78 is 5.08. The molecule has 1 aromatic carbocycles. The van der Waals surface area contributed by atoms with Crippen LogP contribution in [0.25, 0.3) is 0 Å². The van der Waals surface area contributed by atoms with E-state index in [0.29, 0.717) is 12.3 Å². The van der Waals surface area contributed by atoms with E-state index >= 15 is 0 Å². The maximum Gasteiger partial charge on any atom is 0.230 e. The summed E-state index contributed by atoms with van der Waals surface area (Å²) in [6.45, 7) is 2.67. The summed E-state index contributed by atoms with van der Waals surface area (Å²) in [5, 5.41) is 2.87. The van der Waals surface area contributed by atoms with Crippen LogP contribution in [0.2, 0.25) is 0 Å². The van der Waals surface area contributed by atoms with Crippen LogP contribution >= 0.6 is 11.8 Å². The molecule has 1 aromatic rings. The minimum Gasteiger partial charge on any atom is -0.497 e. The van der Waals surface area contributed by atoms with Crippen molar-refractivity contribution in [1.29, 1.82) is 0 Å². The molecule has 0 aromatic heterocycles. The third kappa shape index (κ3) is 5.77. The van der Waals surface area contributed by atoms with E-state index in [4.69, 9.17) is 4.74 Å². The van der Waals surface area contributed by atoms with E-state index in [2.05, 4.69) is 5.32 Å². The molecule has 0 saturated heterocycles. The van der Waals surface area contributed by atoms with Crippen molar-refractivity contribution < 1.29 is 9.53 Å². The smallest absolute Gasteiger partial charge is 0.230 e. The molecule has 1 rings (SSSR count). The first-order chi connectivity index (χ1) is 8.76. The van der Waals surface area contributed by atoms with Gasteiger partial charge in [0, 0.05) is 11.4 Å². The quantitative estimate of drug-likeness (QED) is 0.468. The molecular formula is C14H19NO2S. The Kier molecular flexibility index (Phi) is 7.03. The Labute approximate surface area is 113 Å². The second-order valence-corrected chi connectivity index (χ2v) is 4.72. The fourth-order valence-electron chi connectivity index (χ4n) is 1.33. The van der Waals surface area contributed by atoms with Crippen LogP contribution < -0.4 is 10.1 Å². The lowest BCUT2D eigenvalue weighted by Crippen LogP contribution is -2.25. The first kappa shape index (κ1) is 14.6. The summed E-state index contributed by atoms with van der Waals surface area (Å²) >= 11 is 1.53. The van der Waals surface area contributed by atoms with Crippen molar-refractivity contribution in [3.05, 3.63) is 36.4 Å². The predicted octanol–water partition coefficient (Wildman–Crippen LogP) is 2.87. The van der Waals surface area contributed by atoms with Crippen molar-refractivity contribution in [3.8, 4) is 5.75 Å². The first-order valence-corrected chi connectivity index (χ1v) is 6.89. The lowest BCUT2D eigenvalue weighted by Gasteiger charge is -2.04. The van der Waals surface area contributed by atoms with Gasteiger partial charge in [0.25, 0.3) is 0 Å². The molecule has 0 aliphatic carbocycles. The zero-order chi connectivity index (χ0) is 13.2. The van der Waals surface area contributed by atoms with Crippen LogP contribution in [0.3, 0.4) is 0 Å². The molecule has 4 heteroatoms. The molecule has 0 bridgehead atoms. The maximum absolute atomic E-state index is 11.5. The molecule has 1 amide bonds. The SMILES string of the molecule is C/C=C/CCNC(=O)CSc1ccc(OC)cc1. The molecule has 0 aliphatic heterocycles. The van der Waals surface area contributed by atoms with Crippen molar-refractivity contribution in [2.24, 2.45) is 0 Å². The largest absolute Gasteiger partial charge is 0.497 e. The molecule has 0 radical (unpaired) electrons. The molecular weight excluding hydrogens is 246 g/mol. The highest BCUT2D eigenvalue weighted by molar-refractivity contribution is 8.00. The van der Waals surface area contributed by atoms with Crippen LogP contribution in [-0.4, -0.2) is 25.3 Å². The van der Waals surface area contributed by atoms with Crippen LogP contribution in [0.1, 0.15) is 13.3 Å². The number of amides is 1. The number of rotatable bonds is 7. The normalized spacial score (nSPS) is 10.6. The van der Waals surface area contributed by atoms with Gasteiger partial charge in [0.15, 0.2) is 0 Å². The minimum atomic E-state index is 0.0697. The highest BCUT2D eigenvalue weighted by Gasteiger charge is 2.01. The molecule has 98 valence electrons. The van der Waals surface area contributed by atoms with Gasteiger partial charge in [-0.3, -0.25) is 4.79 Å². The molecule has 18 heavy (non-hydrogen) atoms. The summed E-state index contributed by atoms with van der Waals surface area (Å²) in [6, 6.07) is 7.70. The molecule has 0 atom stereocenters. The molecule has 0 aliphatic rings. The van der Waals surface area contributed by atoms with Crippen molar-refractivity contribution in [1.82, 2.24) is 5.32 Å². The number of benzene rings is 1. The lowest BCUT2D eigenvalue weighted by molar-refractivity contribution is -0.118. The Hall–Kier alpha value is -1.42. The molecule has 0 spiro atoms. The molecule has 0 fully saturated rings. The lowest BCUT2D eigenvalue weighted by atomic mass is 10.3. The monoisotopic (exact) mass is 265 g/mol. The molecule has 3 nitrogen and oxygen atoms in total. The van der Waals surface area contributed by atoms with Crippen molar-refractivity contribution >= 4 is 17.7 Å². The van der Waals surface area contributed by atoms with Gasteiger partial charge in [0.1, 0.15) is 5.75 Å². The average molecular weight is 265 g/mol. The van der Waals surface area contributed by atoms with Crippen LogP contribution in [0.5, 0.6) is 5.75 Å². The second kappa shape index (κ2) is 8.64. The molecule has 0 unspecified atom stereocenters. The number of allylic oxidation sites excluding steroid dienone is 1. The fourth-order valence-corrected chi connectivity index (χ4v) is 2.06. The fraction of sp³-hybridized carbons (Fsp3) is 0.357. The van der Waals surface area contributed by atoms with Gasteiger partial charge in [-0.15, -0.1) is 11.8 Å². The van der Waals surface area contributed by atoms with Crippen molar-refractivity contribution in [3.63, 3.8) is 0 Å². The number of carbonyl (C=O) groups excluding carboxylic acids is 1. The van der Waals surface area contributed by atoms with E-state index in [1.807, 2.05) is 43.3 Å².